The zero-order valence-corrected chi connectivity index (χ0v) is 16.4. The number of amides is 1. The number of carbonyl (C=O) groups excluding carboxylic acids is 2. The molecule has 2 aromatic rings. The third kappa shape index (κ3) is 4.58. The van der Waals surface area contributed by atoms with Crippen LogP contribution < -0.4 is 4.72 Å². The number of esters is 1. The number of hydrogen-bond donors (Lipinski definition) is 1. The van der Waals surface area contributed by atoms with Crippen molar-refractivity contribution in [3.05, 3.63) is 65.2 Å². The average Bonchev–Trinajstić information content (AvgIpc) is 3.27. The Bertz CT molecular complexity index is 964. The average molecular weight is 402 g/mol. The molecular weight excluding hydrogens is 380 g/mol. The van der Waals surface area contributed by atoms with Gasteiger partial charge in [-0.25, -0.2) is 17.9 Å². The van der Waals surface area contributed by atoms with Gasteiger partial charge in [-0.1, -0.05) is 18.2 Å². The van der Waals surface area contributed by atoms with Crippen molar-refractivity contribution in [3.63, 3.8) is 0 Å². The fourth-order valence-electron chi connectivity index (χ4n) is 2.99. The van der Waals surface area contributed by atoms with Crippen LogP contribution in [0, 0.1) is 0 Å². The van der Waals surface area contributed by atoms with Gasteiger partial charge in [-0.05, 0) is 55.8 Å². The Morgan fingerprint density at radius 3 is 2.36 bits per heavy atom. The van der Waals surface area contributed by atoms with Crippen LogP contribution in [0.3, 0.4) is 0 Å². The van der Waals surface area contributed by atoms with Crippen molar-refractivity contribution < 1.29 is 22.7 Å². The molecule has 1 saturated heterocycles. The van der Waals surface area contributed by atoms with Crippen molar-refractivity contribution in [2.45, 2.75) is 24.3 Å². The van der Waals surface area contributed by atoms with Gasteiger partial charge in [0.15, 0.2) is 0 Å². The van der Waals surface area contributed by atoms with Crippen molar-refractivity contribution in [2.24, 2.45) is 0 Å². The summed E-state index contributed by atoms with van der Waals surface area (Å²) in [4.78, 5) is 26.4. The summed E-state index contributed by atoms with van der Waals surface area (Å²) in [5.41, 5.74) is 1.50. The maximum absolute atomic E-state index is 12.3. The second-order valence-electron chi connectivity index (χ2n) is 6.51. The Morgan fingerprint density at radius 1 is 1.04 bits per heavy atom. The summed E-state index contributed by atoms with van der Waals surface area (Å²) in [6.45, 7) is 1.61. The molecule has 7 nitrogen and oxygen atoms in total. The van der Waals surface area contributed by atoms with E-state index in [9.17, 15) is 18.0 Å². The highest BCUT2D eigenvalue weighted by atomic mass is 32.2. The lowest BCUT2D eigenvalue weighted by atomic mass is 10.1. The fourth-order valence-corrected chi connectivity index (χ4v) is 3.76. The summed E-state index contributed by atoms with van der Waals surface area (Å²) in [7, 11) is -2.33. The molecule has 1 N–H and O–H groups in total. The summed E-state index contributed by atoms with van der Waals surface area (Å²) < 4.78 is 31.2. The van der Waals surface area contributed by atoms with Crippen LogP contribution in [-0.2, 0) is 21.4 Å². The number of hydrogen-bond acceptors (Lipinski definition) is 5. The minimum atomic E-state index is -3.64. The van der Waals surface area contributed by atoms with E-state index in [-0.39, 0.29) is 23.0 Å². The second-order valence-corrected chi connectivity index (χ2v) is 8.39. The van der Waals surface area contributed by atoms with E-state index in [0.29, 0.717) is 5.56 Å². The van der Waals surface area contributed by atoms with Crippen LogP contribution in [0.1, 0.15) is 39.1 Å². The Balaban J connectivity index is 1.62. The summed E-state index contributed by atoms with van der Waals surface area (Å²) in [6, 6.07) is 12.6. The van der Waals surface area contributed by atoms with E-state index in [4.69, 9.17) is 4.74 Å². The van der Waals surface area contributed by atoms with Crippen LogP contribution in [-0.4, -0.2) is 45.3 Å². The number of sulfonamides is 1. The third-order valence-corrected chi connectivity index (χ3v) is 6.02. The molecule has 148 valence electrons. The molecule has 0 spiro atoms. The molecule has 0 saturated carbocycles. The number of benzene rings is 2. The fraction of sp³-hybridized carbons (Fsp3) is 0.300. The van der Waals surface area contributed by atoms with E-state index in [2.05, 4.69) is 4.72 Å². The van der Waals surface area contributed by atoms with E-state index in [1.807, 2.05) is 4.90 Å². The molecule has 0 bridgehead atoms. The molecule has 0 aliphatic carbocycles. The predicted octanol–water partition coefficient (Wildman–Crippen LogP) is 2.19. The molecule has 0 aromatic heterocycles. The highest BCUT2D eigenvalue weighted by Crippen LogP contribution is 2.15. The zero-order chi connectivity index (χ0) is 20.1. The van der Waals surface area contributed by atoms with Gasteiger partial charge in [-0.3, -0.25) is 4.79 Å². The summed E-state index contributed by atoms with van der Waals surface area (Å²) in [6.07, 6.45) is 2.08. The molecule has 1 fully saturated rings. The van der Waals surface area contributed by atoms with E-state index in [0.717, 1.165) is 31.5 Å². The highest BCUT2D eigenvalue weighted by Gasteiger charge is 2.19. The molecule has 3 rings (SSSR count). The van der Waals surface area contributed by atoms with Gasteiger partial charge in [0.05, 0.1) is 10.5 Å². The van der Waals surface area contributed by atoms with Crippen LogP contribution in [0.15, 0.2) is 53.4 Å². The molecule has 28 heavy (non-hydrogen) atoms. The molecule has 1 amide bonds. The van der Waals surface area contributed by atoms with Gasteiger partial charge < -0.3 is 9.64 Å². The largest absolute Gasteiger partial charge is 0.457 e. The van der Waals surface area contributed by atoms with Crippen molar-refractivity contribution in [1.29, 1.82) is 0 Å². The van der Waals surface area contributed by atoms with Crippen LogP contribution in [0.2, 0.25) is 0 Å². The van der Waals surface area contributed by atoms with Crippen LogP contribution in [0.5, 0.6) is 0 Å². The van der Waals surface area contributed by atoms with Gasteiger partial charge in [0.1, 0.15) is 6.61 Å². The lowest BCUT2D eigenvalue weighted by Gasteiger charge is -2.15. The van der Waals surface area contributed by atoms with Crippen molar-refractivity contribution in [2.75, 3.05) is 20.1 Å². The minimum absolute atomic E-state index is 0.00534. The molecule has 1 aliphatic rings. The monoisotopic (exact) mass is 402 g/mol. The Kier molecular flexibility index (Phi) is 6.11. The Hall–Kier alpha value is -2.71. The smallest absolute Gasteiger partial charge is 0.338 e. The van der Waals surface area contributed by atoms with Crippen molar-refractivity contribution in [3.8, 4) is 0 Å². The number of ether oxygens (including phenoxy) is 1. The first kappa shape index (κ1) is 20.0. The highest BCUT2D eigenvalue weighted by molar-refractivity contribution is 7.89. The normalized spacial score (nSPS) is 14.1. The molecule has 0 radical (unpaired) electrons. The van der Waals surface area contributed by atoms with Gasteiger partial charge in [-0.15, -0.1) is 0 Å². The van der Waals surface area contributed by atoms with Crippen LogP contribution >= 0.6 is 0 Å². The molecule has 1 heterocycles. The van der Waals surface area contributed by atoms with Crippen molar-refractivity contribution in [1.82, 2.24) is 9.62 Å². The first-order valence-electron chi connectivity index (χ1n) is 8.99. The van der Waals surface area contributed by atoms with Gasteiger partial charge in [0.2, 0.25) is 10.0 Å². The summed E-state index contributed by atoms with van der Waals surface area (Å²) >= 11 is 0. The van der Waals surface area contributed by atoms with Gasteiger partial charge >= 0.3 is 5.97 Å². The lowest BCUT2D eigenvalue weighted by molar-refractivity contribution is 0.0472. The standard InChI is InChI=1S/C20H22N2O5S/c1-21-28(25,26)18-6-4-5-17(13-18)20(24)27-14-15-7-9-16(10-8-15)19(23)22-11-2-3-12-22/h4-10,13,21H,2-3,11-12,14H2,1H3. The van der Waals surface area contributed by atoms with E-state index >= 15 is 0 Å². The molecule has 8 heteroatoms. The quantitative estimate of drug-likeness (QED) is 0.748. The number of nitrogens with zero attached hydrogens (tertiary/aromatic N) is 1. The number of carbonyl (C=O) groups is 2. The second kappa shape index (κ2) is 8.53. The molecular formula is C20H22N2O5S. The first-order valence-corrected chi connectivity index (χ1v) is 10.5. The Labute approximate surface area is 164 Å². The minimum Gasteiger partial charge on any atom is -0.457 e. The zero-order valence-electron chi connectivity index (χ0n) is 15.6. The topological polar surface area (TPSA) is 92.8 Å². The maximum atomic E-state index is 12.3. The Morgan fingerprint density at radius 2 is 1.71 bits per heavy atom. The molecule has 0 atom stereocenters. The van der Waals surface area contributed by atoms with Gasteiger partial charge in [0.25, 0.3) is 5.91 Å². The molecule has 1 aliphatic heterocycles. The number of nitrogens with one attached hydrogen (secondary N) is 1. The van der Waals surface area contributed by atoms with E-state index in [1.165, 1.54) is 31.3 Å². The molecule has 0 unspecified atom stereocenters. The summed E-state index contributed by atoms with van der Waals surface area (Å²) in [5.74, 6) is -0.603. The van der Waals surface area contributed by atoms with Crippen LogP contribution in [0.4, 0.5) is 0 Å². The van der Waals surface area contributed by atoms with E-state index in [1.54, 1.807) is 24.3 Å². The first-order chi connectivity index (χ1) is 13.4. The molecule has 2 aromatic carbocycles. The maximum Gasteiger partial charge on any atom is 0.338 e. The van der Waals surface area contributed by atoms with E-state index < -0.39 is 16.0 Å². The number of likely N-dealkylation sites (tertiary alicyclic amines) is 1. The SMILES string of the molecule is CNS(=O)(=O)c1cccc(C(=O)OCc2ccc(C(=O)N3CCCC3)cc2)c1. The lowest BCUT2D eigenvalue weighted by Crippen LogP contribution is -2.27. The number of rotatable bonds is 6. The van der Waals surface area contributed by atoms with Crippen LogP contribution in [0.25, 0.3) is 0 Å². The van der Waals surface area contributed by atoms with Crippen molar-refractivity contribution >= 4 is 21.9 Å². The van der Waals surface area contributed by atoms with Gasteiger partial charge in [0, 0.05) is 18.7 Å². The predicted molar refractivity (Wildman–Crippen MR) is 103 cm³/mol. The third-order valence-electron chi connectivity index (χ3n) is 4.61. The summed E-state index contributed by atoms with van der Waals surface area (Å²) in [5, 5.41) is 0. The van der Waals surface area contributed by atoms with Gasteiger partial charge in [-0.2, -0.15) is 0 Å².